The number of ether oxygens (including phenoxy) is 1. The number of carbonyl (C=O) groups is 1. The van der Waals surface area contributed by atoms with E-state index < -0.39 is 6.04 Å². The van der Waals surface area contributed by atoms with Gasteiger partial charge in [0.05, 0.1) is 6.54 Å². The highest BCUT2D eigenvalue weighted by Crippen LogP contribution is 2.25. The van der Waals surface area contributed by atoms with Gasteiger partial charge in [-0.3, -0.25) is 0 Å². The molecule has 8 heteroatoms. The molecule has 0 saturated carbocycles. The van der Waals surface area contributed by atoms with Crippen molar-refractivity contribution in [2.75, 3.05) is 18.4 Å². The standard InChI is InChI=1S/C30H31ClN4O3/c1-2-21-17-18-35(20-27-33-29(38-34-27)23-13-15-24(31)16-14-23)19-26(21)37-30(36)28(22-9-5-3-6-10-22)32-25-11-7-4-8-12-25/h3-16,21,26,28,32H,2,17-20H2,1H3/p+1/t21?,26-,28+/m0/s1. The molecule has 4 atom stereocenters. The lowest BCUT2D eigenvalue weighted by molar-refractivity contribution is -0.923. The summed E-state index contributed by atoms with van der Waals surface area (Å²) in [5.74, 6) is 1.15. The van der Waals surface area contributed by atoms with Crippen molar-refractivity contribution in [2.45, 2.75) is 38.5 Å². The highest BCUT2D eigenvalue weighted by molar-refractivity contribution is 6.30. The zero-order valence-electron chi connectivity index (χ0n) is 21.3. The van der Waals surface area contributed by atoms with Crippen LogP contribution < -0.4 is 10.2 Å². The van der Waals surface area contributed by atoms with Crippen LogP contribution in [-0.2, 0) is 16.1 Å². The second-order valence-electron chi connectivity index (χ2n) is 9.69. The normalized spacial score (nSPS) is 20.0. The SMILES string of the molecule is CCC1CC[NH+](Cc2noc(-c3ccc(Cl)cc3)n2)C[C@@H]1OC(=O)[C@H](Nc1ccccc1)c1ccccc1. The van der Waals surface area contributed by atoms with Gasteiger partial charge < -0.3 is 19.5 Å². The molecule has 3 aromatic carbocycles. The molecule has 1 saturated heterocycles. The van der Waals surface area contributed by atoms with E-state index in [9.17, 15) is 4.79 Å². The van der Waals surface area contributed by atoms with Crippen molar-refractivity contribution in [2.24, 2.45) is 5.92 Å². The second kappa shape index (κ2) is 12.2. The minimum Gasteiger partial charge on any atom is -0.454 e. The van der Waals surface area contributed by atoms with Crippen molar-refractivity contribution < 1.29 is 19.0 Å². The molecule has 2 heterocycles. The number of para-hydroxylation sites is 1. The zero-order valence-corrected chi connectivity index (χ0v) is 22.1. The minimum atomic E-state index is -0.597. The lowest BCUT2D eigenvalue weighted by Crippen LogP contribution is -3.13. The number of nitrogens with zero attached hydrogens (tertiary/aromatic N) is 2. The molecule has 5 rings (SSSR count). The van der Waals surface area contributed by atoms with Crippen molar-refractivity contribution in [3.8, 4) is 11.5 Å². The Kier molecular flexibility index (Phi) is 8.36. The summed E-state index contributed by atoms with van der Waals surface area (Å²) in [4.78, 5) is 19.4. The van der Waals surface area contributed by atoms with Gasteiger partial charge in [-0.05, 0) is 48.4 Å². The number of halogens is 1. The van der Waals surface area contributed by atoms with Gasteiger partial charge in [-0.1, -0.05) is 72.2 Å². The summed E-state index contributed by atoms with van der Waals surface area (Å²) in [5, 5.41) is 8.22. The average Bonchev–Trinajstić information content (AvgIpc) is 3.41. The number of aromatic nitrogens is 2. The first-order chi connectivity index (χ1) is 18.6. The maximum atomic E-state index is 13.6. The lowest BCUT2D eigenvalue weighted by Gasteiger charge is -2.35. The number of hydrogen-bond acceptors (Lipinski definition) is 6. The van der Waals surface area contributed by atoms with Gasteiger partial charge in [-0.25, -0.2) is 4.79 Å². The maximum Gasteiger partial charge on any atom is 0.333 e. The van der Waals surface area contributed by atoms with Gasteiger partial charge in [0, 0.05) is 28.6 Å². The molecule has 1 aromatic heterocycles. The van der Waals surface area contributed by atoms with E-state index >= 15 is 0 Å². The number of likely N-dealkylation sites (tertiary alicyclic amines) is 1. The molecule has 1 fully saturated rings. The van der Waals surface area contributed by atoms with Crippen LogP contribution in [0.4, 0.5) is 5.69 Å². The zero-order chi connectivity index (χ0) is 26.3. The molecular weight excluding hydrogens is 500 g/mol. The predicted molar refractivity (Wildman–Crippen MR) is 147 cm³/mol. The summed E-state index contributed by atoms with van der Waals surface area (Å²) < 4.78 is 11.7. The monoisotopic (exact) mass is 531 g/mol. The summed E-state index contributed by atoms with van der Waals surface area (Å²) in [6.45, 7) is 4.42. The smallest absolute Gasteiger partial charge is 0.333 e. The van der Waals surface area contributed by atoms with Gasteiger partial charge in [0.25, 0.3) is 5.89 Å². The van der Waals surface area contributed by atoms with Gasteiger partial charge in [-0.2, -0.15) is 4.98 Å². The molecule has 4 aromatic rings. The van der Waals surface area contributed by atoms with Crippen molar-refractivity contribution in [3.63, 3.8) is 0 Å². The van der Waals surface area contributed by atoms with Crippen LogP contribution in [0.5, 0.6) is 0 Å². The summed E-state index contributed by atoms with van der Waals surface area (Å²) in [5.41, 5.74) is 2.57. The van der Waals surface area contributed by atoms with Crippen LogP contribution in [0.25, 0.3) is 11.5 Å². The summed E-state index contributed by atoms with van der Waals surface area (Å²) in [6, 6.07) is 26.2. The highest BCUT2D eigenvalue weighted by atomic mass is 35.5. The molecule has 0 amide bonds. The lowest BCUT2D eigenvalue weighted by atomic mass is 9.91. The largest absolute Gasteiger partial charge is 0.454 e. The molecule has 196 valence electrons. The molecule has 38 heavy (non-hydrogen) atoms. The van der Waals surface area contributed by atoms with E-state index in [0.29, 0.717) is 35.7 Å². The van der Waals surface area contributed by atoms with Crippen LogP contribution in [0.3, 0.4) is 0 Å². The molecule has 7 nitrogen and oxygen atoms in total. The van der Waals surface area contributed by atoms with E-state index in [4.69, 9.17) is 20.9 Å². The molecule has 0 aliphatic carbocycles. The van der Waals surface area contributed by atoms with E-state index in [1.165, 1.54) is 4.90 Å². The number of benzene rings is 3. The maximum absolute atomic E-state index is 13.6. The number of hydrogen-bond donors (Lipinski definition) is 2. The van der Waals surface area contributed by atoms with Gasteiger partial charge >= 0.3 is 5.97 Å². The number of esters is 1. The minimum absolute atomic E-state index is 0.192. The Balaban J connectivity index is 1.27. The van der Waals surface area contributed by atoms with E-state index in [2.05, 4.69) is 22.4 Å². The summed E-state index contributed by atoms with van der Waals surface area (Å²) in [6.07, 6.45) is 1.73. The van der Waals surface area contributed by atoms with E-state index in [0.717, 1.165) is 36.2 Å². The number of rotatable bonds is 9. The van der Waals surface area contributed by atoms with Crippen LogP contribution in [-0.4, -0.2) is 35.3 Å². The first kappa shape index (κ1) is 25.9. The highest BCUT2D eigenvalue weighted by Gasteiger charge is 2.36. The Bertz CT molecular complexity index is 1310. The number of nitrogens with one attached hydrogen (secondary N) is 2. The first-order valence-electron chi connectivity index (χ1n) is 13.1. The van der Waals surface area contributed by atoms with E-state index in [1.54, 1.807) is 12.1 Å². The molecule has 2 unspecified atom stereocenters. The van der Waals surface area contributed by atoms with Gasteiger partial charge in [0.1, 0.15) is 13.1 Å². The molecule has 0 spiro atoms. The Labute approximate surface area is 227 Å². The van der Waals surface area contributed by atoms with Gasteiger partial charge in [0.15, 0.2) is 12.1 Å². The molecule has 0 bridgehead atoms. The molecule has 2 N–H and O–H groups in total. The van der Waals surface area contributed by atoms with Gasteiger partial charge in [-0.15, -0.1) is 0 Å². The molecule has 1 aliphatic rings. The van der Waals surface area contributed by atoms with Crippen molar-refractivity contribution in [3.05, 3.63) is 101 Å². The fourth-order valence-electron chi connectivity index (χ4n) is 5.00. The third-order valence-electron chi connectivity index (χ3n) is 7.10. The van der Waals surface area contributed by atoms with Gasteiger partial charge in [0.2, 0.25) is 5.82 Å². The quantitative estimate of drug-likeness (QED) is 0.297. The number of quaternary nitrogens is 1. The predicted octanol–water partition coefficient (Wildman–Crippen LogP) is 4.97. The van der Waals surface area contributed by atoms with E-state index in [1.807, 2.05) is 72.8 Å². The Hall–Kier alpha value is -3.68. The van der Waals surface area contributed by atoms with Crippen molar-refractivity contribution in [1.29, 1.82) is 0 Å². The molecular formula is C30H32ClN4O3+. The van der Waals surface area contributed by atoms with Crippen LogP contribution >= 0.6 is 11.6 Å². The number of anilines is 1. The topological polar surface area (TPSA) is 81.7 Å². The van der Waals surface area contributed by atoms with E-state index in [-0.39, 0.29) is 12.1 Å². The third kappa shape index (κ3) is 6.41. The number of carbonyl (C=O) groups excluding carboxylic acids is 1. The molecule has 0 radical (unpaired) electrons. The average molecular weight is 532 g/mol. The third-order valence-corrected chi connectivity index (χ3v) is 7.35. The van der Waals surface area contributed by atoms with Crippen molar-refractivity contribution in [1.82, 2.24) is 10.1 Å². The van der Waals surface area contributed by atoms with Crippen molar-refractivity contribution >= 4 is 23.3 Å². The first-order valence-corrected chi connectivity index (χ1v) is 13.5. The number of piperidine rings is 1. The van der Waals surface area contributed by atoms with Crippen LogP contribution in [0.2, 0.25) is 5.02 Å². The van der Waals surface area contributed by atoms with Crippen LogP contribution in [0, 0.1) is 5.92 Å². The summed E-state index contributed by atoms with van der Waals surface area (Å²) in [7, 11) is 0. The second-order valence-corrected chi connectivity index (χ2v) is 10.1. The Morgan fingerprint density at radius 2 is 1.79 bits per heavy atom. The Morgan fingerprint density at radius 3 is 2.50 bits per heavy atom. The molecule has 1 aliphatic heterocycles. The fourth-order valence-corrected chi connectivity index (χ4v) is 5.12. The fraction of sp³-hybridized carbons (Fsp3) is 0.300. The summed E-state index contributed by atoms with van der Waals surface area (Å²) >= 11 is 5.99. The van der Waals surface area contributed by atoms with Crippen LogP contribution in [0.15, 0.2) is 89.5 Å². The van der Waals surface area contributed by atoms with Crippen LogP contribution in [0.1, 0.15) is 37.2 Å². The Morgan fingerprint density at radius 1 is 1.08 bits per heavy atom.